The van der Waals surface area contributed by atoms with E-state index in [0.29, 0.717) is 0 Å². The van der Waals surface area contributed by atoms with Crippen molar-refractivity contribution >= 4 is 11.8 Å². The lowest BCUT2D eigenvalue weighted by Crippen LogP contribution is -2.44. The molecule has 1 aliphatic heterocycles. The highest BCUT2D eigenvalue weighted by molar-refractivity contribution is 7.99. The summed E-state index contributed by atoms with van der Waals surface area (Å²) in [4.78, 5) is 0. The van der Waals surface area contributed by atoms with Gasteiger partial charge in [0.15, 0.2) is 0 Å². The van der Waals surface area contributed by atoms with Crippen LogP contribution < -0.4 is 10.6 Å². The lowest BCUT2D eigenvalue weighted by atomic mass is 9.83. The van der Waals surface area contributed by atoms with Crippen molar-refractivity contribution < 1.29 is 0 Å². The van der Waals surface area contributed by atoms with E-state index in [-0.39, 0.29) is 0 Å². The maximum atomic E-state index is 3.58. The second kappa shape index (κ2) is 5.99. The van der Waals surface area contributed by atoms with Crippen molar-refractivity contribution in [1.29, 1.82) is 0 Å². The van der Waals surface area contributed by atoms with E-state index in [2.05, 4.69) is 22.4 Å². The Bertz CT molecular complexity index is 153. The SMILES string of the molecule is C1CC(CCNCC2CSCCN2)C1. The molecule has 0 amide bonds. The molecule has 2 rings (SSSR count). The molecule has 2 nitrogen and oxygen atoms in total. The van der Waals surface area contributed by atoms with E-state index in [9.17, 15) is 0 Å². The molecule has 0 aromatic heterocycles. The fourth-order valence-electron chi connectivity index (χ4n) is 2.11. The molecule has 1 atom stereocenters. The topological polar surface area (TPSA) is 24.1 Å². The van der Waals surface area contributed by atoms with Crippen LogP contribution in [0.15, 0.2) is 0 Å². The molecular weight excluding hydrogens is 192 g/mol. The van der Waals surface area contributed by atoms with Crippen molar-refractivity contribution in [2.24, 2.45) is 5.92 Å². The van der Waals surface area contributed by atoms with Crippen LogP contribution in [0.5, 0.6) is 0 Å². The number of hydrogen-bond acceptors (Lipinski definition) is 3. The van der Waals surface area contributed by atoms with Crippen LogP contribution >= 0.6 is 11.8 Å². The quantitative estimate of drug-likeness (QED) is 0.678. The van der Waals surface area contributed by atoms with Crippen LogP contribution in [-0.2, 0) is 0 Å². The minimum Gasteiger partial charge on any atom is -0.315 e. The Labute approximate surface area is 91.6 Å². The normalized spacial score (nSPS) is 28.7. The maximum absolute atomic E-state index is 3.58. The van der Waals surface area contributed by atoms with Gasteiger partial charge in [0, 0.05) is 30.6 Å². The summed E-state index contributed by atoms with van der Waals surface area (Å²) < 4.78 is 0. The summed E-state index contributed by atoms with van der Waals surface area (Å²) in [5.74, 6) is 3.63. The Morgan fingerprint density at radius 1 is 1.36 bits per heavy atom. The molecule has 1 heterocycles. The van der Waals surface area contributed by atoms with E-state index >= 15 is 0 Å². The van der Waals surface area contributed by atoms with Crippen molar-refractivity contribution in [3.05, 3.63) is 0 Å². The average Bonchev–Trinajstić information content (AvgIpc) is 2.16. The first-order chi connectivity index (χ1) is 6.95. The number of nitrogens with one attached hydrogen (secondary N) is 2. The summed E-state index contributed by atoms with van der Waals surface area (Å²) >= 11 is 2.08. The summed E-state index contributed by atoms with van der Waals surface area (Å²) in [6, 6.07) is 0.718. The fraction of sp³-hybridized carbons (Fsp3) is 1.00. The Morgan fingerprint density at radius 3 is 2.93 bits per heavy atom. The maximum Gasteiger partial charge on any atom is 0.0283 e. The molecule has 0 bridgehead atoms. The van der Waals surface area contributed by atoms with Gasteiger partial charge in [0.05, 0.1) is 0 Å². The molecule has 2 N–H and O–H groups in total. The van der Waals surface area contributed by atoms with Gasteiger partial charge in [-0.05, 0) is 18.9 Å². The van der Waals surface area contributed by atoms with Gasteiger partial charge < -0.3 is 10.6 Å². The molecule has 0 radical (unpaired) electrons. The predicted octanol–water partition coefficient (Wildman–Crippen LogP) is 1.47. The lowest BCUT2D eigenvalue weighted by molar-refractivity contribution is 0.291. The molecule has 1 unspecified atom stereocenters. The number of rotatable bonds is 5. The van der Waals surface area contributed by atoms with Gasteiger partial charge >= 0.3 is 0 Å². The summed E-state index contributed by atoms with van der Waals surface area (Å²) in [5.41, 5.74) is 0. The molecule has 2 fully saturated rings. The predicted molar refractivity (Wildman–Crippen MR) is 63.9 cm³/mol. The van der Waals surface area contributed by atoms with E-state index in [1.807, 2.05) is 0 Å². The van der Waals surface area contributed by atoms with Gasteiger partial charge in [0.2, 0.25) is 0 Å². The number of hydrogen-bond donors (Lipinski definition) is 2. The summed E-state index contributed by atoms with van der Waals surface area (Å²) in [5, 5.41) is 7.13. The van der Waals surface area contributed by atoms with Crippen LogP contribution in [0.25, 0.3) is 0 Å². The standard InChI is InChI=1S/C11H22N2S/c1-2-10(3-1)4-5-12-8-11-9-14-7-6-13-11/h10-13H,1-9H2. The van der Waals surface area contributed by atoms with Gasteiger partial charge in [-0.2, -0.15) is 11.8 Å². The smallest absolute Gasteiger partial charge is 0.0283 e. The molecular formula is C11H22N2S. The molecule has 2 aliphatic rings. The molecule has 0 spiro atoms. The second-order valence-corrected chi connectivity index (χ2v) is 5.67. The highest BCUT2D eigenvalue weighted by Gasteiger charge is 2.17. The van der Waals surface area contributed by atoms with E-state index in [4.69, 9.17) is 0 Å². The van der Waals surface area contributed by atoms with Gasteiger partial charge in [0.25, 0.3) is 0 Å². The van der Waals surface area contributed by atoms with Crippen molar-refractivity contribution in [2.75, 3.05) is 31.1 Å². The van der Waals surface area contributed by atoms with Gasteiger partial charge in [-0.15, -0.1) is 0 Å². The largest absolute Gasteiger partial charge is 0.315 e. The summed E-state index contributed by atoms with van der Waals surface area (Å²) in [6.45, 7) is 3.59. The minimum atomic E-state index is 0.718. The van der Waals surface area contributed by atoms with E-state index in [0.717, 1.165) is 12.0 Å². The van der Waals surface area contributed by atoms with Gasteiger partial charge in [-0.3, -0.25) is 0 Å². The Hall–Kier alpha value is 0.270. The average molecular weight is 214 g/mol. The molecule has 82 valence electrons. The van der Waals surface area contributed by atoms with Crippen molar-refractivity contribution in [2.45, 2.75) is 31.7 Å². The third kappa shape index (κ3) is 3.44. The van der Waals surface area contributed by atoms with Gasteiger partial charge in [-0.25, -0.2) is 0 Å². The zero-order chi connectivity index (χ0) is 9.64. The van der Waals surface area contributed by atoms with Gasteiger partial charge in [-0.1, -0.05) is 19.3 Å². The molecule has 0 aromatic carbocycles. The first-order valence-corrected chi connectivity index (χ1v) is 7.12. The molecule has 14 heavy (non-hydrogen) atoms. The van der Waals surface area contributed by atoms with Crippen molar-refractivity contribution in [3.8, 4) is 0 Å². The van der Waals surface area contributed by atoms with Crippen LogP contribution in [0.4, 0.5) is 0 Å². The molecule has 3 heteroatoms. The fourth-order valence-corrected chi connectivity index (χ4v) is 3.06. The van der Waals surface area contributed by atoms with Gasteiger partial charge in [0.1, 0.15) is 0 Å². The Balaban J connectivity index is 1.45. The van der Waals surface area contributed by atoms with Crippen molar-refractivity contribution in [3.63, 3.8) is 0 Å². The van der Waals surface area contributed by atoms with Crippen LogP contribution in [0.2, 0.25) is 0 Å². The van der Waals surface area contributed by atoms with Crippen LogP contribution in [0.3, 0.4) is 0 Å². The number of thioether (sulfide) groups is 1. The highest BCUT2D eigenvalue weighted by Crippen LogP contribution is 2.28. The molecule has 1 saturated heterocycles. The minimum absolute atomic E-state index is 0.718. The summed E-state index contributed by atoms with van der Waals surface area (Å²) in [7, 11) is 0. The van der Waals surface area contributed by atoms with Crippen LogP contribution in [0, 0.1) is 5.92 Å². The highest BCUT2D eigenvalue weighted by atomic mass is 32.2. The molecule has 0 aromatic rings. The van der Waals surface area contributed by atoms with E-state index in [1.54, 1.807) is 0 Å². The monoisotopic (exact) mass is 214 g/mol. The molecule has 1 saturated carbocycles. The third-order valence-electron chi connectivity index (χ3n) is 3.34. The molecule has 1 aliphatic carbocycles. The second-order valence-electron chi connectivity index (χ2n) is 4.52. The van der Waals surface area contributed by atoms with Crippen LogP contribution in [-0.4, -0.2) is 37.2 Å². The third-order valence-corrected chi connectivity index (χ3v) is 4.47. The zero-order valence-electron chi connectivity index (χ0n) is 8.93. The first kappa shape index (κ1) is 10.8. The van der Waals surface area contributed by atoms with Crippen molar-refractivity contribution in [1.82, 2.24) is 10.6 Å². The van der Waals surface area contributed by atoms with Crippen LogP contribution in [0.1, 0.15) is 25.7 Å². The Morgan fingerprint density at radius 2 is 2.29 bits per heavy atom. The van der Waals surface area contributed by atoms with E-state index < -0.39 is 0 Å². The summed E-state index contributed by atoms with van der Waals surface area (Å²) in [6.07, 6.45) is 5.85. The zero-order valence-corrected chi connectivity index (χ0v) is 9.74. The Kier molecular flexibility index (Phi) is 4.61. The lowest BCUT2D eigenvalue weighted by Gasteiger charge is -2.27. The van der Waals surface area contributed by atoms with E-state index in [1.165, 1.54) is 56.8 Å². The first-order valence-electron chi connectivity index (χ1n) is 5.97.